The average molecular weight is 871 g/mol. The molecule has 1 aliphatic heterocycles. The summed E-state index contributed by atoms with van der Waals surface area (Å²) < 4.78 is 9.39. The Morgan fingerprint density at radius 1 is 0.867 bits per heavy atom. The van der Waals surface area contributed by atoms with Crippen LogP contribution in [0.4, 0.5) is 0 Å². The van der Waals surface area contributed by atoms with Gasteiger partial charge in [0.15, 0.2) is 0 Å². The molecule has 0 aromatic heterocycles. The molecule has 7 heteroatoms. The normalized spacial score (nSPS) is 12.1. The third-order valence-corrected chi connectivity index (χ3v) is 6.92. The van der Waals surface area contributed by atoms with Crippen LogP contribution in [0.2, 0.25) is 0 Å². The van der Waals surface area contributed by atoms with Crippen molar-refractivity contribution in [1.29, 1.82) is 5.41 Å². The van der Waals surface area contributed by atoms with Gasteiger partial charge >= 0.3 is 0 Å². The van der Waals surface area contributed by atoms with Crippen molar-refractivity contribution in [2.24, 2.45) is 4.40 Å². The van der Waals surface area contributed by atoms with Crippen LogP contribution < -0.4 is 0 Å². The molecule has 0 bridgehead atoms. The smallest absolute Gasteiger partial charge is 0.246 e. The minimum Gasteiger partial charge on any atom is -0.476 e. The quantitative estimate of drug-likeness (QED) is 0.0363. The van der Waals surface area contributed by atoms with E-state index in [9.17, 15) is 4.79 Å². The second-order valence-electron chi connectivity index (χ2n) is 10.5. The number of hydrogen-bond donors (Lipinski definition) is 2. The van der Waals surface area contributed by atoms with E-state index in [0.29, 0.717) is 18.2 Å². The number of ether oxygens (including phenoxy) is 1. The van der Waals surface area contributed by atoms with E-state index in [4.69, 9.17) is 10.1 Å². The summed E-state index contributed by atoms with van der Waals surface area (Å²) in [5.74, 6) is 0.349. The number of thiol groups is 1. The Morgan fingerprint density at radius 3 is 1.76 bits per heavy atom. The van der Waals surface area contributed by atoms with Crippen molar-refractivity contribution in [2.45, 2.75) is 151 Å². The summed E-state index contributed by atoms with van der Waals surface area (Å²) >= 11 is 3.92. The van der Waals surface area contributed by atoms with Crippen LogP contribution >= 0.6 is 12.8 Å². The number of benzene rings is 1. The molecule has 0 spiro atoms. The SMILES string of the molecule is CC.CC.CCCCCCCCCCCCCC=O.CCCCCCO/C(=N/S)C(=N)C1=CCCN(C)C1.[U].[c-]1ccccc1. The van der Waals surface area contributed by atoms with Gasteiger partial charge in [-0.05, 0) is 44.7 Å². The van der Waals surface area contributed by atoms with E-state index in [0.717, 1.165) is 57.1 Å². The molecule has 5 nitrogen and oxygen atoms in total. The van der Waals surface area contributed by atoms with Gasteiger partial charge in [-0.25, -0.2) is 0 Å². The zero-order valence-electron chi connectivity index (χ0n) is 30.3. The van der Waals surface area contributed by atoms with Gasteiger partial charge in [-0.2, -0.15) is 40.8 Å². The summed E-state index contributed by atoms with van der Waals surface area (Å²) in [6.45, 7) is 14.9. The first-order chi connectivity index (χ1) is 21.6. The van der Waals surface area contributed by atoms with E-state index in [1.54, 1.807) is 0 Å². The van der Waals surface area contributed by atoms with Crippen molar-refractivity contribution in [3.8, 4) is 0 Å². The molecule has 45 heavy (non-hydrogen) atoms. The average Bonchev–Trinajstić information content (AvgIpc) is 3.08. The summed E-state index contributed by atoms with van der Waals surface area (Å²) in [6.07, 6.45) is 24.4. The number of carbonyl (C=O) groups is 1. The van der Waals surface area contributed by atoms with Crippen molar-refractivity contribution in [3.63, 3.8) is 0 Å². The van der Waals surface area contributed by atoms with E-state index in [2.05, 4.69) is 55.1 Å². The number of unbranched alkanes of at least 4 members (excludes halogenated alkanes) is 14. The largest absolute Gasteiger partial charge is 0.476 e. The molecule has 0 saturated carbocycles. The van der Waals surface area contributed by atoms with E-state index >= 15 is 0 Å². The van der Waals surface area contributed by atoms with Crippen LogP contribution in [0.25, 0.3) is 0 Å². The topological polar surface area (TPSA) is 65.8 Å². The Labute approximate surface area is 309 Å². The Hall–Kier alpha value is -0.868. The van der Waals surface area contributed by atoms with Gasteiger partial charge in [0, 0.05) is 50.6 Å². The first-order valence-corrected chi connectivity index (χ1v) is 18.2. The molecule has 0 unspecified atom stereocenters. The third-order valence-electron chi connectivity index (χ3n) is 6.74. The number of nitrogens with zero attached hydrogens (tertiary/aromatic N) is 2. The van der Waals surface area contributed by atoms with Crippen LogP contribution in [0.3, 0.4) is 0 Å². The summed E-state index contributed by atoms with van der Waals surface area (Å²) in [4.78, 5) is 12.3. The fourth-order valence-electron chi connectivity index (χ4n) is 4.29. The molecule has 0 aliphatic carbocycles. The zero-order valence-corrected chi connectivity index (χ0v) is 35.4. The zero-order chi connectivity index (χ0) is 33.5. The van der Waals surface area contributed by atoms with E-state index in [1.807, 2.05) is 58.0 Å². The van der Waals surface area contributed by atoms with Crippen molar-refractivity contribution < 1.29 is 40.6 Å². The molecule has 0 fully saturated rings. The molecule has 1 heterocycles. The number of hydrogen-bond acceptors (Lipinski definition) is 6. The first kappa shape index (κ1) is 51.0. The predicted octanol–water partition coefficient (Wildman–Crippen LogP) is 11.5. The molecule has 2 rings (SSSR count). The number of aldehydes is 1. The van der Waals surface area contributed by atoms with Crippen molar-refractivity contribution in [3.05, 3.63) is 48.0 Å². The summed E-state index contributed by atoms with van der Waals surface area (Å²) in [7, 11) is 2.06. The van der Waals surface area contributed by atoms with Crippen LogP contribution in [-0.2, 0) is 9.53 Å². The van der Waals surface area contributed by atoms with Gasteiger partial charge in [-0.15, -0.1) is 0 Å². The molecule has 0 atom stereocenters. The van der Waals surface area contributed by atoms with E-state index < -0.39 is 0 Å². The maximum absolute atomic E-state index is 10.1. The summed E-state index contributed by atoms with van der Waals surface area (Å²) in [5.41, 5.74) is 1.35. The second-order valence-corrected chi connectivity index (χ2v) is 10.7. The molecule has 0 radical (unpaired) electrons. The van der Waals surface area contributed by atoms with Crippen LogP contribution in [0.15, 0.2) is 46.4 Å². The number of likely N-dealkylation sites (N-methyl/N-ethyl adjacent to an activating group) is 1. The van der Waals surface area contributed by atoms with Crippen molar-refractivity contribution in [2.75, 3.05) is 26.7 Å². The van der Waals surface area contributed by atoms with Crippen molar-refractivity contribution in [1.82, 2.24) is 4.90 Å². The Morgan fingerprint density at radius 2 is 1.36 bits per heavy atom. The standard InChI is InChI=1S/C14H25N3OS.C14H28O.C6H5.2C2H6.U/c1-3-4-5-6-10-18-14(16-19)13(15)12-8-7-9-17(2)11-12;1-2-3-4-5-6-7-8-9-10-11-12-13-14-15;1-2-4-6-5-3-1;2*1-2;/h8,15,19H,3-7,9-11H2,1-2H3;14H,2-13H2,1H3;1-5H;2*1-2H3;/q;;-1;;;/b15-13?,16-14+;;;;;. The fourth-order valence-corrected chi connectivity index (χ4v) is 4.45. The second kappa shape index (κ2) is 45.3. The first-order valence-electron chi connectivity index (χ1n) is 17.8. The minimum atomic E-state index is 0. The number of rotatable bonds is 19. The summed E-state index contributed by atoms with van der Waals surface area (Å²) in [6, 6.07) is 12.5. The van der Waals surface area contributed by atoms with Gasteiger partial charge in [0.25, 0.3) is 0 Å². The van der Waals surface area contributed by atoms with Gasteiger partial charge in [-0.1, -0.05) is 131 Å². The van der Waals surface area contributed by atoms with Gasteiger partial charge in [0.1, 0.15) is 12.0 Å². The van der Waals surface area contributed by atoms with Crippen LogP contribution in [0.5, 0.6) is 0 Å². The predicted molar refractivity (Wildman–Crippen MR) is 200 cm³/mol. The molecular formula is C38H70N3O2SU-. The molecule has 260 valence electrons. The van der Waals surface area contributed by atoms with Gasteiger partial charge in [-0.3, -0.25) is 5.41 Å². The van der Waals surface area contributed by atoms with E-state index in [1.165, 1.54) is 77.0 Å². The maximum Gasteiger partial charge on any atom is 0.246 e. The molecule has 1 aromatic rings. The van der Waals surface area contributed by atoms with Gasteiger partial charge in [0.05, 0.1) is 6.61 Å². The monoisotopic (exact) mass is 871 g/mol. The molecule has 1 aromatic carbocycles. The third kappa shape index (κ3) is 37.5. The van der Waals surface area contributed by atoms with E-state index in [-0.39, 0.29) is 31.1 Å². The van der Waals surface area contributed by atoms with Gasteiger partial charge < -0.3 is 14.4 Å². The molecule has 0 amide bonds. The maximum atomic E-state index is 10.1. The Balaban J connectivity index is -0.000000287. The van der Waals surface area contributed by atoms with Crippen LogP contribution in [0.1, 0.15) is 151 Å². The number of carbonyl (C=O) groups excluding carboxylic acids is 1. The van der Waals surface area contributed by atoms with Gasteiger partial charge in [0.2, 0.25) is 5.90 Å². The number of nitrogens with one attached hydrogen (secondary N) is 1. The fraction of sp³-hybridized carbons (Fsp3) is 0.711. The Kier molecular flexibility index (Phi) is 51.3. The Bertz CT molecular complexity index is 749. The van der Waals surface area contributed by atoms with Crippen LogP contribution in [0, 0.1) is 42.6 Å². The molecule has 1 N–H and O–H groups in total. The van der Waals surface area contributed by atoms with Crippen molar-refractivity contribution >= 4 is 30.7 Å². The molecular weight excluding hydrogens is 801 g/mol. The summed E-state index contributed by atoms with van der Waals surface area (Å²) in [5, 5.41) is 8.15. The minimum absolute atomic E-state index is 0. The molecule has 1 aliphatic rings. The molecule has 0 saturated heterocycles. The van der Waals surface area contributed by atoms with Crippen LogP contribution in [-0.4, -0.2) is 49.5 Å².